The van der Waals surface area contributed by atoms with Gasteiger partial charge in [0.05, 0.1) is 0 Å². The number of ether oxygens (including phenoxy) is 1. The molecule has 0 unspecified atom stereocenters. The van der Waals surface area contributed by atoms with Crippen molar-refractivity contribution in [2.24, 2.45) is 0 Å². The molecule has 0 aliphatic carbocycles. The first-order valence-corrected chi connectivity index (χ1v) is 7.43. The maximum absolute atomic E-state index is 12.1. The van der Waals surface area contributed by atoms with E-state index in [0.717, 1.165) is 20.6 Å². The van der Waals surface area contributed by atoms with Gasteiger partial charge < -0.3 is 10.1 Å². The number of carbonyl (C=O) groups excluding carboxylic acids is 1. The van der Waals surface area contributed by atoms with Crippen LogP contribution in [0.2, 0.25) is 0 Å². The Balaban J connectivity index is 1.99. The molecule has 2 rings (SSSR count). The molecule has 1 N–H and O–H groups in total. The van der Waals surface area contributed by atoms with Crippen molar-refractivity contribution in [3.8, 4) is 5.75 Å². The van der Waals surface area contributed by atoms with Gasteiger partial charge in [0, 0.05) is 9.26 Å². The first-order chi connectivity index (χ1) is 9.56. The Morgan fingerprint density at radius 2 is 1.80 bits per heavy atom. The van der Waals surface area contributed by atoms with Crippen molar-refractivity contribution >= 4 is 34.2 Å². The van der Waals surface area contributed by atoms with E-state index in [4.69, 9.17) is 4.74 Å². The Hall–Kier alpha value is -1.56. The molecule has 0 aliphatic heterocycles. The highest BCUT2D eigenvalue weighted by Crippen LogP contribution is 2.18. The summed E-state index contributed by atoms with van der Waals surface area (Å²) in [5, 5.41) is 2.84. The molecule has 2 aromatic rings. The van der Waals surface area contributed by atoms with Gasteiger partial charge in [-0.05, 0) is 72.3 Å². The van der Waals surface area contributed by atoms with Crippen LogP contribution in [0.15, 0.2) is 48.5 Å². The van der Waals surface area contributed by atoms with Crippen molar-refractivity contribution < 1.29 is 9.53 Å². The number of hydrogen-bond acceptors (Lipinski definition) is 2. The van der Waals surface area contributed by atoms with Crippen LogP contribution < -0.4 is 10.1 Å². The number of rotatable bonds is 4. The Labute approximate surface area is 132 Å². The Kier molecular flexibility index (Phi) is 5.00. The third kappa shape index (κ3) is 3.96. The van der Waals surface area contributed by atoms with Crippen molar-refractivity contribution in [1.82, 2.24) is 0 Å². The first-order valence-electron chi connectivity index (χ1n) is 6.35. The van der Waals surface area contributed by atoms with Crippen molar-refractivity contribution in [3.63, 3.8) is 0 Å². The Bertz CT molecular complexity index is 596. The van der Waals surface area contributed by atoms with E-state index >= 15 is 0 Å². The fraction of sp³-hybridized carbons (Fsp3) is 0.188. The lowest BCUT2D eigenvalue weighted by Gasteiger charge is -2.16. The fourth-order valence-electron chi connectivity index (χ4n) is 1.71. The number of halogens is 1. The van der Waals surface area contributed by atoms with Gasteiger partial charge in [0.15, 0.2) is 6.10 Å². The van der Waals surface area contributed by atoms with Gasteiger partial charge in [-0.1, -0.05) is 18.2 Å². The molecule has 2 aromatic carbocycles. The van der Waals surface area contributed by atoms with Crippen LogP contribution in [0, 0.1) is 10.5 Å². The van der Waals surface area contributed by atoms with Gasteiger partial charge in [-0.25, -0.2) is 0 Å². The summed E-state index contributed by atoms with van der Waals surface area (Å²) in [6, 6.07) is 15.3. The predicted octanol–water partition coefficient (Wildman–Crippen LogP) is 4.01. The van der Waals surface area contributed by atoms with Crippen molar-refractivity contribution in [2.75, 3.05) is 5.32 Å². The van der Waals surface area contributed by atoms with Gasteiger partial charge in [0.2, 0.25) is 0 Å². The molecular formula is C16H16INO2. The third-order valence-corrected chi connectivity index (χ3v) is 3.60. The summed E-state index contributed by atoms with van der Waals surface area (Å²) in [6.45, 7) is 3.70. The summed E-state index contributed by atoms with van der Waals surface area (Å²) in [4.78, 5) is 12.1. The number of hydrogen-bond donors (Lipinski definition) is 1. The van der Waals surface area contributed by atoms with E-state index in [9.17, 15) is 4.79 Å². The van der Waals surface area contributed by atoms with Gasteiger partial charge in [-0.15, -0.1) is 0 Å². The highest BCUT2D eigenvalue weighted by molar-refractivity contribution is 14.1. The highest BCUT2D eigenvalue weighted by Gasteiger charge is 2.15. The van der Waals surface area contributed by atoms with E-state index in [-0.39, 0.29) is 5.91 Å². The lowest BCUT2D eigenvalue weighted by Crippen LogP contribution is -2.30. The minimum Gasteiger partial charge on any atom is -0.481 e. The number of nitrogens with one attached hydrogen (secondary N) is 1. The molecule has 0 saturated carbocycles. The highest BCUT2D eigenvalue weighted by atomic mass is 127. The fourth-order valence-corrected chi connectivity index (χ4v) is 2.07. The molecule has 104 valence electrons. The monoisotopic (exact) mass is 381 g/mol. The summed E-state index contributed by atoms with van der Waals surface area (Å²) in [7, 11) is 0. The number of aryl methyl sites for hydroxylation is 1. The predicted molar refractivity (Wildman–Crippen MR) is 89.1 cm³/mol. The van der Waals surface area contributed by atoms with Crippen LogP contribution in [0.3, 0.4) is 0 Å². The normalized spacial score (nSPS) is 11.8. The lowest BCUT2D eigenvalue weighted by molar-refractivity contribution is -0.122. The standard InChI is InChI=1S/C16H16INO2/c1-11-5-3-4-6-15(11)20-12(2)16(19)18-14-9-7-13(17)8-10-14/h3-10,12H,1-2H3,(H,18,19)/t12-/m0/s1. The maximum atomic E-state index is 12.1. The minimum atomic E-state index is -0.546. The van der Waals surface area contributed by atoms with Crippen LogP contribution >= 0.6 is 22.6 Å². The molecule has 0 aromatic heterocycles. The average Bonchev–Trinajstić information content (AvgIpc) is 2.44. The SMILES string of the molecule is Cc1ccccc1O[C@@H](C)C(=O)Nc1ccc(I)cc1. The van der Waals surface area contributed by atoms with Gasteiger partial charge in [0.25, 0.3) is 5.91 Å². The molecular weight excluding hydrogens is 365 g/mol. The van der Waals surface area contributed by atoms with Crippen molar-refractivity contribution in [1.29, 1.82) is 0 Å². The minimum absolute atomic E-state index is 0.158. The molecule has 4 heteroatoms. The number of amides is 1. The van der Waals surface area contributed by atoms with Gasteiger partial charge in [-0.3, -0.25) is 4.79 Å². The van der Waals surface area contributed by atoms with E-state index in [2.05, 4.69) is 27.9 Å². The zero-order valence-electron chi connectivity index (χ0n) is 11.4. The van der Waals surface area contributed by atoms with Crippen molar-refractivity contribution in [2.45, 2.75) is 20.0 Å². The van der Waals surface area contributed by atoms with Crippen molar-refractivity contribution in [3.05, 3.63) is 57.7 Å². The quantitative estimate of drug-likeness (QED) is 0.813. The van der Waals surface area contributed by atoms with Crippen LogP contribution in [-0.2, 0) is 4.79 Å². The van der Waals surface area contributed by atoms with Crippen LogP contribution in [-0.4, -0.2) is 12.0 Å². The Morgan fingerprint density at radius 3 is 2.45 bits per heavy atom. The molecule has 0 heterocycles. The topological polar surface area (TPSA) is 38.3 Å². The smallest absolute Gasteiger partial charge is 0.265 e. The zero-order valence-corrected chi connectivity index (χ0v) is 13.5. The molecule has 0 aliphatic rings. The van der Waals surface area contributed by atoms with Crippen LogP contribution in [0.1, 0.15) is 12.5 Å². The molecule has 1 amide bonds. The molecule has 3 nitrogen and oxygen atoms in total. The largest absolute Gasteiger partial charge is 0.481 e. The van der Waals surface area contributed by atoms with Gasteiger partial charge in [-0.2, -0.15) is 0 Å². The molecule has 0 spiro atoms. The zero-order chi connectivity index (χ0) is 14.5. The lowest BCUT2D eigenvalue weighted by atomic mass is 10.2. The van der Waals surface area contributed by atoms with Gasteiger partial charge >= 0.3 is 0 Å². The van der Waals surface area contributed by atoms with E-state index in [0.29, 0.717) is 0 Å². The first kappa shape index (κ1) is 14.8. The van der Waals surface area contributed by atoms with Crippen LogP contribution in [0.5, 0.6) is 5.75 Å². The molecule has 0 saturated heterocycles. The van der Waals surface area contributed by atoms with E-state index in [1.807, 2.05) is 55.5 Å². The second kappa shape index (κ2) is 6.74. The molecule has 1 atom stereocenters. The second-order valence-electron chi connectivity index (χ2n) is 4.52. The summed E-state index contributed by atoms with van der Waals surface area (Å²) >= 11 is 2.22. The van der Waals surface area contributed by atoms with Crippen LogP contribution in [0.25, 0.3) is 0 Å². The third-order valence-electron chi connectivity index (χ3n) is 2.88. The molecule has 20 heavy (non-hydrogen) atoms. The summed E-state index contributed by atoms with van der Waals surface area (Å²) in [5.41, 5.74) is 1.79. The molecule has 0 radical (unpaired) electrons. The number of para-hydroxylation sites is 1. The van der Waals surface area contributed by atoms with Gasteiger partial charge in [0.1, 0.15) is 5.75 Å². The van der Waals surface area contributed by atoms with E-state index in [1.54, 1.807) is 6.92 Å². The summed E-state index contributed by atoms with van der Waals surface area (Å²) in [6.07, 6.45) is -0.546. The number of carbonyl (C=O) groups is 1. The molecule has 0 fully saturated rings. The van der Waals surface area contributed by atoms with Crippen LogP contribution in [0.4, 0.5) is 5.69 Å². The average molecular weight is 381 g/mol. The van der Waals surface area contributed by atoms with E-state index in [1.165, 1.54) is 0 Å². The Morgan fingerprint density at radius 1 is 1.15 bits per heavy atom. The number of benzene rings is 2. The molecule has 0 bridgehead atoms. The summed E-state index contributed by atoms with van der Waals surface area (Å²) < 4.78 is 6.82. The van der Waals surface area contributed by atoms with E-state index < -0.39 is 6.10 Å². The summed E-state index contributed by atoms with van der Waals surface area (Å²) in [5.74, 6) is 0.576. The maximum Gasteiger partial charge on any atom is 0.265 e. The number of anilines is 1. The second-order valence-corrected chi connectivity index (χ2v) is 5.77.